The first kappa shape index (κ1) is 15.6. The third-order valence-electron chi connectivity index (χ3n) is 5.16. The van der Waals surface area contributed by atoms with Crippen molar-refractivity contribution in [3.8, 4) is 0 Å². The van der Waals surface area contributed by atoms with Gasteiger partial charge in [-0.1, -0.05) is 72.8 Å². The van der Waals surface area contributed by atoms with E-state index in [2.05, 4.69) is 66.0 Å². The van der Waals surface area contributed by atoms with Gasteiger partial charge in [-0.15, -0.1) is 0 Å². The average molecular weight is 327 g/mol. The number of aldehydes is 1. The molecule has 0 radical (unpaired) electrons. The number of benzene rings is 3. The Balaban J connectivity index is 1.77. The normalized spacial score (nSPS) is 22.0. The fourth-order valence-electron chi connectivity index (χ4n) is 3.94. The predicted octanol–water partition coefficient (Wildman–Crippen LogP) is 4.99. The van der Waals surface area contributed by atoms with E-state index in [4.69, 9.17) is 0 Å². The molecule has 0 bridgehead atoms. The maximum atomic E-state index is 12.1. The Morgan fingerprint density at radius 3 is 2.16 bits per heavy atom. The van der Waals surface area contributed by atoms with Crippen molar-refractivity contribution >= 4 is 12.0 Å². The molecule has 1 unspecified atom stereocenters. The summed E-state index contributed by atoms with van der Waals surface area (Å²) >= 11 is 0. The molecule has 0 aromatic heterocycles. The van der Waals surface area contributed by atoms with Crippen LogP contribution in [0.3, 0.4) is 0 Å². The number of carbonyl (C=O) groups excluding carboxylic acids is 1. The monoisotopic (exact) mass is 327 g/mol. The van der Waals surface area contributed by atoms with Crippen molar-refractivity contribution in [1.29, 1.82) is 0 Å². The topological polar surface area (TPSA) is 29.1 Å². The number of hydrogen-bond acceptors (Lipinski definition) is 2. The van der Waals surface area contributed by atoms with Gasteiger partial charge in [-0.25, -0.2) is 0 Å². The highest BCUT2D eigenvalue weighted by atomic mass is 16.1. The molecule has 0 fully saturated rings. The first-order valence-corrected chi connectivity index (χ1v) is 8.76. The van der Waals surface area contributed by atoms with Crippen LogP contribution in [0, 0.1) is 5.92 Å². The van der Waals surface area contributed by atoms with Gasteiger partial charge in [-0.2, -0.15) is 0 Å². The molecule has 3 aromatic carbocycles. The average Bonchev–Trinajstić information content (AvgIpc) is 2.69. The van der Waals surface area contributed by atoms with Crippen molar-refractivity contribution in [2.75, 3.05) is 5.32 Å². The molecule has 0 aliphatic heterocycles. The fraction of sp³-hybridized carbons (Fsp3) is 0.174. The summed E-state index contributed by atoms with van der Waals surface area (Å²) in [6.07, 6.45) is 2.03. The summed E-state index contributed by atoms with van der Waals surface area (Å²) in [5.41, 5.74) is 4.83. The molecule has 3 aromatic rings. The molecule has 0 spiro atoms. The number of carbonyl (C=O) groups is 1. The van der Waals surface area contributed by atoms with Crippen LogP contribution in [-0.4, -0.2) is 6.29 Å². The molecule has 1 aliphatic carbocycles. The van der Waals surface area contributed by atoms with Crippen molar-refractivity contribution in [3.05, 3.63) is 102 Å². The first-order valence-electron chi connectivity index (χ1n) is 8.76. The van der Waals surface area contributed by atoms with Crippen LogP contribution >= 0.6 is 0 Å². The first-order chi connectivity index (χ1) is 12.4. The number of hydrogen-bond donors (Lipinski definition) is 1. The maximum absolute atomic E-state index is 12.1. The van der Waals surface area contributed by atoms with Gasteiger partial charge in [0.2, 0.25) is 0 Å². The second-order valence-corrected chi connectivity index (χ2v) is 6.62. The van der Waals surface area contributed by atoms with Gasteiger partial charge in [0.25, 0.3) is 0 Å². The van der Waals surface area contributed by atoms with E-state index in [1.807, 2.05) is 24.3 Å². The molecule has 0 saturated carbocycles. The molecule has 0 heterocycles. The molecule has 1 N–H and O–H groups in total. The number of nitrogens with one attached hydrogen (secondary N) is 1. The predicted molar refractivity (Wildman–Crippen MR) is 102 cm³/mol. The quantitative estimate of drug-likeness (QED) is 0.684. The Bertz CT molecular complexity index is 844. The Kier molecular flexibility index (Phi) is 4.34. The summed E-state index contributed by atoms with van der Waals surface area (Å²) in [6.45, 7) is 0. The standard InChI is InChI=1S/C23H21NO/c25-16-22-21(17-9-3-1-4-10-17)15-18-11-7-8-14-20(18)23(22)24-19-12-5-2-6-13-19/h1-14,16,21-24H,15H2/t21-,22-,23?/m0/s1. The van der Waals surface area contributed by atoms with Crippen molar-refractivity contribution in [2.45, 2.75) is 18.4 Å². The molecule has 2 nitrogen and oxygen atoms in total. The molecule has 4 rings (SSSR count). The molecule has 1 aliphatic rings. The van der Waals surface area contributed by atoms with E-state index in [0.717, 1.165) is 18.4 Å². The van der Waals surface area contributed by atoms with E-state index in [0.29, 0.717) is 0 Å². The molecule has 0 saturated heterocycles. The van der Waals surface area contributed by atoms with E-state index in [-0.39, 0.29) is 17.9 Å². The fourth-order valence-corrected chi connectivity index (χ4v) is 3.94. The number of anilines is 1. The minimum absolute atomic E-state index is 0.0185. The Hall–Kier alpha value is -2.87. The van der Waals surface area contributed by atoms with Crippen LogP contribution in [0.5, 0.6) is 0 Å². The lowest BCUT2D eigenvalue weighted by Crippen LogP contribution is -2.33. The lowest BCUT2D eigenvalue weighted by molar-refractivity contribution is -0.112. The minimum atomic E-state index is -0.0995. The van der Waals surface area contributed by atoms with E-state index in [1.54, 1.807) is 0 Å². The third-order valence-corrected chi connectivity index (χ3v) is 5.16. The maximum Gasteiger partial charge on any atom is 0.126 e. The second-order valence-electron chi connectivity index (χ2n) is 6.62. The number of fused-ring (bicyclic) bond motifs is 1. The lowest BCUT2D eigenvalue weighted by atomic mass is 9.70. The minimum Gasteiger partial charge on any atom is -0.377 e. The van der Waals surface area contributed by atoms with Crippen LogP contribution in [0.25, 0.3) is 0 Å². The van der Waals surface area contributed by atoms with Crippen LogP contribution in [0.2, 0.25) is 0 Å². The second kappa shape index (κ2) is 6.94. The highest BCUT2D eigenvalue weighted by Gasteiger charge is 2.37. The zero-order valence-corrected chi connectivity index (χ0v) is 14.0. The lowest BCUT2D eigenvalue weighted by Gasteiger charge is -2.38. The number of rotatable bonds is 4. The summed E-state index contributed by atoms with van der Waals surface area (Å²) < 4.78 is 0. The zero-order chi connectivity index (χ0) is 17.1. The van der Waals surface area contributed by atoms with Gasteiger partial charge < -0.3 is 10.1 Å². The molecule has 25 heavy (non-hydrogen) atoms. The van der Waals surface area contributed by atoms with Gasteiger partial charge >= 0.3 is 0 Å². The Labute approximate surface area is 148 Å². The molecule has 0 amide bonds. The van der Waals surface area contributed by atoms with Gasteiger partial charge in [0.15, 0.2) is 0 Å². The molecule has 2 heteroatoms. The van der Waals surface area contributed by atoms with Crippen LogP contribution in [-0.2, 0) is 11.2 Å². The summed E-state index contributed by atoms with van der Waals surface area (Å²) in [5.74, 6) is 0.0901. The van der Waals surface area contributed by atoms with Gasteiger partial charge in [0, 0.05) is 11.6 Å². The van der Waals surface area contributed by atoms with Crippen LogP contribution in [0.4, 0.5) is 5.69 Å². The van der Waals surface area contributed by atoms with Crippen molar-refractivity contribution in [1.82, 2.24) is 0 Å². The van der Waals surface area contributed by atoms with Gasteiger partial charge in [-0.05, 0) is 41.2 Å². The van der Waals surface area contributed by atoms with Crippen LogP contribution < -0.4 is 5.32 Å². The molecule has 3 atom stereocenters. The van der Waals surface area contributed by atoms with Crippen molar-refractivity contribution < 1.29 is 4.79 Å². The van der Waals surface area contributed by atoms with Crippen LogP contribution in [0.1, 0.15) is 28.7 Å². The largest absolute Gasteiger partial charge is 0.377 e. The third kappa shape index (κ3) is 3.08. The van der Waals surface area contributed by atoms with Crippen LogP contribution in [0.15, 0.2) is 84.9 Å². The smallest absolute Gasteiger partial charge is 0.126 e. The van der Waals surface area contributed by atoms with E-state index >= 15 is 0 Å². The summed E-state index contributed by atoms with van der Waals surface area (Å²) in [4.78, 5) is 12.1. The van der Waals surface area contributed by atoms with E-state index in [9.17, 15) is 4.79 Å². The van der Waals surface area contributed by atoms with Gasteiger partial charge in [-0.3, -0.25) is 0 Å². The summed E-state index contributed by atoms with van der Waals surface area (Å²) in [7, 11) is 0. The zero-order valence-electron chi connectivity index (χ0n) is 14.0. The van der Waals surface area contributed by atoms with E-state index < -0.39 is 0 Å². The summed E-state index contributed by atoms with van der Waals surface area (Å²) in [6, 6.07) is 29.0. The van der Waals surface area contributed by atoms with Gasteiger partial charge in [0.1, 0.15) is 6.29 Å². The SMILES string of the molecule is O=C[C@@H]1C(Nc2ccccc2)c2ccccc2C[C@H]1c1ccccc1. The molecular formula is C23H21NO. The van der Waals surface area contributed by atoms with Crippen molar-refractivity contribution in [2.24, 2.45) is 5.92 Å². The highest BCUT2D eigenvalue weighted by molar-refractivity contribution is 5.63. The van der Waals surface area contributed by atoms with E-state index in [1.165, 1.54) is 16.7 Å². The Morgan fingerprint density at radius 2 is 1.44 bits per heavy atom. The molecule has 124 valence electrons. The van der Waals surface area contributed by atoms with Gasteiger partial charge in [0.05, 0.1) is 6.04 Å². The summed E-state index contributed by atoms with van der Waals surface area (Å²) in [5, 5.41) is 3.61. The Morgan fingerprint density at radius 1 is 0.800 bits per heavy atom. The molecular weight excluding hydrogens is 306 g/mol. The highest BCUT2D eigenvalue weighted by Crippen LogP contribution is 2.43. The number of para-hydroxylation sites is 1. The van der Waals surface area contributed by atoms with Crippen molar-refractivity contribution in [3.63, 3.8) is 0 Å².